The Hall–Kier alpha value is -2.49. The van der Waals surface area contributed by atoms with Crippen LogP contribution in [0, 0.1) is 13.8 Å². The Kier molecular flexibility index (Phi) is 3.52. The molecule has 0 spiro atoms. The first kappa shape index (κ1) is 13.5. The zero-order valence-corrected chi connectivity index (χ0v) is 12.5. The third kappa shape index (κ3) is 2.57. The standard InChI is InChI=1S/C17H18N4/c1-12-10-19-20-17(13(12)2)21(3)11-15-7-4-6-14-8-5-9-18-16(14)15/h4-10H,11H2,1-3H3. The molecule has 3 aromatic rings. The van der Waals surface area contributed by atoms with Gasteiger partial charge in [-0.25, -0.2) is 0 Å². The molecule has 0 fully saturated rings. The maximum Gasteiger partial charge on any atom is 0.154 e. The molecule has 2 aromatic heterocycles. The Balaban J connectivity index is 1.97. The minimum absolute atomic E-state index is 0.757. The van der Waals surface area contributed by atoms with E-state index in [1.807, 2.05) is 19.3 Å². The lowest BCUT2D eigenvalue weighted by Crippen LogP contribution is -2.20. The normalized spacial score (nSPS) is 10.8. The molecule has 0 bridgehead atoms. The summed E-state index contributed by atoms with van der Waals surface area (Å²) in [5.41, 5.74) is 4.56. The van der Waals surface area contributed by atoms with Crippen LogP contribution in [0.25, 0.3) is 10.9 Å². The first-order valence-electron chi connectivity index (χ1n) is 6.99. The molecule has 0 aliphatic carbocycles. The van der Waals surface area contributed by atoms with Gasteiger partial charge in [0.1, 0.15) is 0 Å². The third-order valence-electron chi connectivity index (χ3n) is 3.82. The molecule has 0 atom stereocenters. The lowest BCUT2D eigenvalue weighted by atomic mass is 10.1. The van der Waals surface area contributed by atoms with Crippen molar-refractivity contribution < 1.29 is 0 Å². The van der Waals surface area contributed by atoms with Gasteiger partial charge < -0.3 is 4.90 Å². The summed E-state index contributed by atoms with van der Waals surface area (Å²) in [4.78, 5) is 6.63. The molecule has 4 heteroatoms. The van der Waals surface area contributed by atoms with E-state index < -0.39 is 0 Å². The van der Waals surface area contributed by atoms with E-state index in [2.05, 4.69) is 58.2 Å². The van der Waals surface area contributed by atoms with E-state index >= 15 is 0 Å². The summed E-state index contributed by atoms with van der Waals surface area (Å²) >= 11 is 0. The second-order valence-corrected chi connectivity index (χ2v) is 5.32. The van der Waals surface area contributed by atoms with Gasteiger partial charge in [0, 0.05) is 25.2 Å². The van der Waals surface area contributed by atoms with Crippen molar-refractivity contribution >= 4 is 16.7 Å². The molecule has 1 aromatic carbocycles. The van der Waals surface area contributed by atoms with E-state index in [4.69, 9.17) is 0 Å². The number of pyridine rings is 1. The van der Waals surface area contributed by atoms with Gasteiger partial charge in [0.25, 0.3) is 0 Å². The maximum atomic E-state index is 4.51. The van der Waals surface area contributed by atoms with Crippen molar-refractivity contribution in [2.45, 2.75) is 20.4 Å². The molecule has 4 nitrogen and oxygen atoms in total. The first-order chi connectivity index (χ1) is 10.2. The molecule has 0 unspecified atom stereocenters. The average Bonchev–Trinajstić information content (AvgIpc) is 2.50. The Morgan fingerprint density at radius 1 is 1.10 bits per heavy atom. The van der Waals surface area contributed by atoms with Crippen LogP contribution in [0.15, 0.2) is 42.7 Å². The van der Waals surface area contributed by atoms with Crippen LogP contribution in [-0.2, 0) is 6.54 Å². The number of hydrogen-bond donors (Lipinski definition) is 0. The number of benzene rings is 1. The van der Waals surface area contributed by atoms with Gasteiger partial charge in [0.15, 0.2) is 5.82 Å². The summed E-state index contributed by atoms with van der Waals surface area (Å²) in [6, 6.07) is 10.3. The van der Waals surface area contributed by atoms with E-state index in [-0.39, 0.29) is 0 Å². The summed E-state index contributed by atoms with van der Waals surface area (Å²) in [6.07, 6.45) is 3.63. The second kappa shape index (κ2) is 5.48. The zero-order valence-electron chi connectivity index (χ0n) is 12.5. The number of aryl methyl sites for hydroxylation is 1. The monoisotopic (exact) mass is 278 g/mol. The molecular weight excluding hydrogens is 260 g/mol. The third-order valence-corrected chi connectivity index (χ3v) is 3.82. The van der Waals surface area contributed by atoms with Crippen molar-refractivity contribution in [3.8, 4) is 0 Å². The van der Waals surface area contributed by atoms with Crippen LogP contribution in [0.2, 0.25) is 0 Å². The van der Waals surface area contributed by atoms with Crippen molar-refractivity contribution in [2.75, 3.05) is 11.9 Å². The smallest absolute Gasteiger partial charge is 0.154 e. The van der Waals surface area contributed by atoms with Crippen LogP contribution in [0.3, 0.4) is 0 Å². The number of aromatic nitrogens is 3. The molecular formula is C17H18N4. The Labute approximate surface area is 124 Å². The number of para-hydroxylation sites is 1. The van der Waals surface area contributed by atoms with Gasteiger partial charge in [-0.05, 0) is 36.6 Å². The highest BCUT2D eigenvalue weighted by atomic mass is 15.2. The number of rotatable bonds is 3. The van der Waals surface area contributed by atoms with Crippen molar-refractivity contribution in [3.05, 3.63) is 59.4 Å². The highest BCUT2D eigenvalue weighted by Crippen LogP contribution is 2.22. The largest absolute Gasteiger partial charge is 0.354 e. The lowest BCUT2D eigenvalue weighted by molar-refractivity contribution is 0.855. The van der Waals surface area contributed by atoms with Crippen molar-refractivity contribution in [1.82, 2.24) is 15.2 Å². The van der Waals surface area contributed by atoms with E-state index in [0.29, 0.717) is 0 Å². The van der Waals surface area contributed by atoms with Crippen molar-refractivity contribution in [1.29, 1.82) is 0 Å². The molecule has 0 N–H and O–H groups in total. The fourth-order valence-electron chi connectivity index (χ4n) is 2.51. The van der Waals surface area contributed by atoms with Crippen LogP contribution < -0.4 is 4.90 Å². The summed E-state index contributed by atoms with van der Waals surface area (Å²) < 4.78 is 0. The highest BCUT2D eigenvalue weighted by molar-refractivity contribution is 5.81. The first-order valence-corrected chi connectivity index (χ1v) is 6.99. The van der Waals surface area contributed by atoms with E-state index in [0.717, 1.165) is 28.8 Å². The fourth-order valence-corrected chi connectivity index (χ4v) is 2.51. The van der Waals surface area contributed by atoms with E-state index in [1.54, 1.807) is 6.20 Å². The molecule has 2 heterocycles. The number of nitrogens with zero attached hydrogens (tertiary/aromatic N) is 4. The van der Waals surface area contributed by atoms with Gasteiger partial charge in [0.05, 0.1) is 11.7 Å². The summed E-state index contributed by atoms with van der Waals surface area (Å²) in [5, 5.41) is 9.50. The Morgan fingerprint density at radius 2 is 1.90 bits per heavy atom. The van der Waals surface area contributed by atoms with Crippen molar-refractivity contribution in [3.63, 3.8) is 0 Å². The Bertz CT molecular complexity index is 777. The predicted molar refractivity (Wildman–Crippen MR) is 85.4 cm³/mol. The van der Waals surface area contributed by atoms with Gasteiger partial charge in [-0.1, -0.05) is 24.3 Å². The van der Waals surface area contributed by atoms with Crippen LogP contribution in [-0.4, -0.2) is 22.2 Å². The van der Waals surface area contributed by atoms with Gasteiger partial charge in [-0.3, -0.25) is 4.98 Å². The second-order valence-electron chi connectivity index (χ2n) is 5.32. The number of fused-ring (bicyclic) bond motifs is 1. The van der Waals surface area contributed by atoms with Gasteiger partial charge in [0.2, 0.25) is 0 Å². The van der Waals surface area contributed by atoms with Crippen LogP contribution >= 0.6 is 0 Å². The molecule has 0 amide bonds. The molecule has 0 aliphatic rings. The van der Waals surface area contributed by atoms with Crippen LogP contribution in [0.1, 0.15) is 16.7 Å². The number of anilines is 1. The molecule has 3 rings (SSSR count). The molecule has 0 aliphatic heterocycles. The lowest BCUT2D eigenvalue weighted by Gasteiger charge is -2.20. The molecule has 21 heavy (non-hydrogen) atoms. The van der Waals surface area contributed by atoms with Gasteiger partial charge in [-0.15, -0.1) is 5.10 Å². The minimum Gasteiger partial charge on any atom is -0.354 e. The van der Waals surface area contributed by atoms with Gasteiger partial charge in [-0.2, -0.15) is 5.10 Å². The SMILES string of the molecule is Cc1cnnc(N(C)Cc2cccc3cccnc23)c1C. The zero-order chi connectivity index (χ0) is 14.8. The Morgan fingerprint density at radius 3 is 2.76 bits per heavy atom. The average molecular weight is 278 g/mol. The maximum absolute atomic E-state index is 4.51. The summed E-state index contributed by atoms with van der Waals surface area (Å²) in [6.45, 7) is 4.89. The minimum atomic E-state index is 0.757. The predicted octanol–water partition coefficient (Wildman–Crippen LogP) is 3.28. The highest BCUT2D eigenvalue weighted by Gasteiger charge is 2.11. The van der Waals surface area contributed by atoms with E-state index in [1.165, 1.54) is 11.1 Å². The van der Waals surface area contributed by atoms with Crippen LogP contribution in [0.5, 0.6) is 0 Å². The number of hydrogen-bond acceptors (Lipinski definition) is 4. The summed E-state index contributed by atoms with van der Waals surface area (Å²) in [7, 11) is 2.04. The quantitative estimate of drug-likeness (QED) is 0.737. The topological polar surface area (TPSA) is 41.9 Å². The fraction of sp³-hybridized carbons (Fsp3) is 0.235. The molecule has 0 radical (unpaired) electrons. The summed E-state index contributed by atoms with van der Waals surface area (Å²) in [5.74, 6) is 0.919. The van der Waals surface area contributed by atoms with E-state index in [9.17, 15) is 0 Å². The molecule has 106 valence electrons. The van der Waals surface area contributed by atoms with Gasteiger partial charge >= 0.3 is 0 Å². The molecule has 0 saturated carbocycles. The van der Waals surface area contributed by atoms with Crippen LogP contribution in [0.4, 0.5) is 5.82 Å². The molecule has 0 saturated heterocycles. The van der Waals surface area contributed by atoms with Crippen molar-refractivity contribution in [2.24, 2.45) is 0 Å².